The largest absolute Gasteiger partial charge is 0.481 e. The molecule has 1 fully saturated rings. The van der Waals surface area contributed by atoms with Crippen molar-refractivity contribution in [2.75, 3.05) is 19.6 Å². The van der Waals surface area contributed by atoms with Gasteiger partial charge >= 0.3 is 12.0 Å². The van der Waals surface area contributed by atoms with Crippen molar-refractivity contribution in [1.29, 1.82) is 0 Å². The first-order valence-electron chi connectivity index (χ1n) is 6.75. The molecule has 0 saturated carbocycles. The Labute approximate surface area is 117 Å². The number of likely N-dealkylation sites (tertiary alicyclic amines) is 1. The smallest absolute Gasteiger partial charge is 0.317 e. The highest BCUT2D eigenvalue weighted by molar-refractivity contribution is 5.78. The van der Waals surface area contributed by atoms with Crippen LogP contribution in [0.2, 0.25) is 0 Å². The Hall–Kier alpha value is -2.05. The van der Waals surface area contributed by atoms with Crippen LogP contribution in [-0.2, 0) is 11.3 Å². The van der Waals surface area contributed by atoms with E-state index in [1.54, 1.807) is 22.7 Å². The molecule has 1 aromatic rings. The summed E-state index contributed by atoms with van der Waals surface area (Å²) in [4.78, 5) is 24.9. The third kappa shape index (κ3) is 3.28. The molecule has 0 aromatic carbocycles. The maximum Gasteiger partial charge on any atom is 0.317 e. The molecule has 2 rings (SSSR count). The Morgan fingerprint density at radius 2 is 2.30 bits per heavy atom. The number of nitrogens with one attached hydrogen (secondary N) is 1. The number of nitrogens with zero attached hydrogens (tertiary/aromatic N) is 3. The summed E-state index contributed by atoms with van der Waals surface area (Å²) in [5.74, 6) is -0.841. The number of carbonyl (C=O) groups is 2. The topological polar surface area (TPSA) is 87.5 Å². The zero-order valence-corrected chi connectivity index (χ0v) is 11.6. The van der Waals surface area contributed by atoms with Crippen molar-refractivity contribution in [3.8, 4) is 0 Å². The zero-order chi connectivity index (χ0) is 14.6. The van der Waals surface area contributed by atoms with E-state index in [-0.39, 0.29) is 12.6 Å². The van der Waals surface area contributed by atoms with E-state index in [1.165, 1.54) is 0 Å². The third-order valence-corrected chi connectivity index (χ3v) is 3.68. The van der Waals surface area contributed by atoms with Crippen LogP contribution < -0.4 is 5.32 Å². The number of rotatable bonds is 4. The predicted molar refractivity (Wildman–Crippen MR) is 72.2 cm³/mol. The van der Waals surface area contributed by atoms with Crippen molar-refractivity contribution in [2.45, 2.75) is 26.3 Å². The van der Waals surface area contributed by atoms with Gasteiger partial charge in [0.2, 0.25) is 0 Å². The summed E-state index contributed by atoms with van der Waals surface area (Å²) in [7, 11) is 0. The first-order chi connectivity index (χ1) is 9.51. The fraction of sp³-hybridized carbons (Fsp3) is 0.615. The lowest BCUT2D eigenvalue weighted by Crippen LogP contribution is -2.51. The fourth-order valence-corrected chi connectivity index (χ4v) is 2.41. The average Bonchev–Trinajstić information content (AvgIpc) is 2.91. The molecule has 2 amide bonds. The van der Waals surface area contributed by atoms with E-state index in [0.29, 0.717) is 26.1 Å². The van der Waals surface area contributed by atoms with Crippen molar-refractivity contribution in [2.24, 2.45) is 5.41 Å². The molecule has 7 nitrogen and oxygen atoms in total. The molecule has 20 heavy (non-hydrogen) atoms. The molecule has 0 bridgehead atoms. The molecule has 1 atom stereocenters. The van der Waals surface area contributed by atoms with E-state index in [1.807, 2.05) is 12.3 Å². The average molecular weight is 280 g/mol. The SMILES string of the molecule is CC1(C(=O)O)CCCN(C(=O)NCCn2cccn2)C1. The van der Waals surface area contributed by atoms with Crippen LogP contribution in [0.5, 0.6) is 0 Å². The number of amides is 2. The second-order valence-corrected chi connectivity index (χ2v) is 5.39. The van der Waals surface area contributed by atoms with Gasteiger partial charge in [-0.25, -0.2) is 4.79 Å². The molecule has 1 aliphatic heterocycles. The highest BCUT2D eigenvalue weighted by Gasteiger charge is 2.39. The van der Waals surface area contributed by atoms with E-state index in [0.717, 1.165) is 6.42 Å². The Bertz CT molecular complexity index is 474. The fourth-order valence-electron chi connectivity index (χ4n) is 2.41. The Kier molecular flexibility index (Phi) is 4.26. The number of aliphatic carboxylic acids is 1. The van der Waals surface area contributed by atoms with Gasteiger partial charge in [-0.3, -0.25) is 9.48 Å². The summed E-state index contributed by atoms with van der Waals surface area (Å²) in [6, 6.07) is 1.62. The molecule has 0 spiro atoms. The van der Waals surface area contributed by atoms with E-state index < -0.39 is 11.4 Å². The molecule has 1 unspecified atom stereocenters. The van der Waals surface area contributed by atoms with Crippen LogP contribution in [0.4, 0.5) is 4.79 Å². The Balaban J connectivity index is 1.81. The molecule has 2 N–H and O–H groups in total. The highest BCUT2D eigenvalue weighted by Crippen LogP contribution is 2.29. The number of urea groups is 1. The van der Waals surface area contributed by atoms with Crippen molar-refractivity contribution in [1.82, 2.24) is 20.0 Å². The number of carboxylic acid groups (broad SMARTS) is 1. The quantitative estimate of drug-likeness (QED) is 0.853. The first kappa shape index (κ1) is 14.4. The van der Waals surface area contributed by atoms with Gasteiger partial charge in [0.05, 0.1) is 12.0 Å². The number of hydrogen-bond donors (Lipinski definition) is 2. The van der Waals surface area contributed by atoms with Gasteiger partial charge in [0, 0.05) is 32.0 Å². The number of hydrogen-bond acceptors (Lipinski definition) is 3. The van der Waals surface area contributed by atoms with Crippen molar-refractivity contribution >= 4 is 12.0 Å². The van der Waals surface area contributed by atoms with E-state index in [9.17, 15) is 14.7 Å². The number of carboxylic acids is 1. The molecule has 1 saturated heterocycles. The molecule has 7 heteroatoms. The summed E-state index contributed by atoms with van der Waals surface area (Å²) in [5, 5.41) is 16.1. The van der Waals surface area contributed by atoms with Gasteiger partial charge in [-0.05, 0) is 25.8 Å². The highest BCUT2D eigenvalue weighted by atomic mass is 16.4. The van der Waals surface area contributed by atoms with Crippen LogP contribution in [0.15, 0.2) is 18.5 Å². The van der Waals surface area contributed by atoms with Gasteiger partial charge < -0.3 is 15.3 Å². The van der Waals surface area contributed by atoms with Crippen LogP contribution in [0.25, 0.3) is 0 Å². The minimum Gasteiger partial charge on any atom is -0.481 e. The van der Waals surface area contributed by atoms with Crippen LogP contribution in [0.3, 0.4) is 0 Å². The van der Waals surface area contributed by atoms with Gasteiger partial charge in [0.25, 0.3) is 0 Å². The molecule has 0 radical (unpaired) electrons. The Morgan fingerprint density at radius 1 is 1.50 bits per heavy atom. The van der Waals surface area contributed by atoms with Crippen LogP contribution in [0, 0.1) is 5.41 Å². The van der Waals surface area contributed by atoms with Crippen LogP contribution in [-0.4, -0.2) is 51.4 Å². The summed E-state index contributed by atoms with van der Waals surface area (Å²) < 4.78 is 1.73. The zero-order valence-electron chi connectivity index (χ0n) is 11.6. The van der Waals surface area contributed by atoms with Gasteiger partial charge in [0.1, 0.15) is 0 Å². The summed E-state index contributed by atoms with van der Waals surface area (Å²) in [6.07, 6.45) is 4.84. The maximum atomic E-state index is 12.0. The maximum absolute atomic E-state index is 12.0. The van der Waals surface area contributed by atoms with Crippen LogP contribution in [0.1, 0.15) is 19.8 Å². The lowest BCUT2D eigenvalue weighted by atomic mass is 9.82. The van der Waals surface area contributed by atoms with Crippen molar-refractivity contribution in [3.63, 3.8) is 0 Å². The molecule has 2 heterocycles. The molecule has 0 aliphatic carbocycles. The van der Waals surface area contributed by atoms with E-state index in [4.69, 9.17) is 0 Å². The van der Waals surface area contributed by atoms with Gasteiger partial charge in [-0.15, -0.1) is 0 Å². The van der Waals surface area contributed by atoms with Gasteiger partial charge in [-0.1, -0.05) is 0 Å². The lowest BCUT2D eigenvalue weighted by Gasteiger charge is -2.37. The summed E-state index contributed by atoms with van der Waals surface area (Å²) >= 11 is 0. The molecule has 1 aromatic heterocycles. The Morgan fingerprint density at radius 3 is 2.95 bits per heavy atom. The van der Waals surface area contributed by atoms with Crippen LogP contribution >= 0.6 is 0 Å². The lowest BCUT2D eigenvalue weighted by molar-refractivity contribution is -0.150. The third-order valence-electron chi connectivity index (χ3n) is 3.68. The summed E-state index contributed by atoms with van der Waals surface area (Å²) in [5.41, 5.74) is -0.836. The monoisotopic (exact) mass is 280 g/mol. The number of carbonyl (C=O) groups excluding carboxylic acids is 1. The molecule has 1 aliphatic rings. The van der Waals surface area contributed by atoms with Gasteiger partial charge in [-0.2, -0.15) is 5.10 Å². The predicted octanol–water partition coefficient (Wildman–Crippen LogP) is 0.779. The standard InChI is InChI=1S/C13H20N4O3/c1-13(11(18)19)4-2-7-16(10-13)12(20)14-6-9-17-8-3-5-15-17/h3,5,8H,2,4,6-7,9-10H2,1H3,(H,14,20)(H,18,19). The van der Waals surface area contributed by atoms with Crippen molar-refractivity contribution in [3.05, 3.63) is 18.5 Å². The normalized spacial score (nSPS) is 22.6. The molecular formula is C13H20N4O3. The van der Waals surface area contributed by atoms with E-state index >= 15 is 0 Å². The minimum atomic E-state index is -0.841. The molecule has 110 valence electrons. The molecular weight excluding hydrogens is 260 g/mol. The number of piperidine rings is 1. The number of aromatic nitrogens is 2. The van der Waals surface area contributed by atoms with E-state index in [2.05, 4.69) is 10.4 Å². The van der Waals surface area contributed by atoms with Gasteiger partial charge in [0.15, 0.2) is 0 Å². The second kappa shape index (κ2) is 5.94. The summed E-state index contributed by atoms with van der Waals surface area (Å²) in [6.45, 7) is 3.63. The first-order valence-corrected chi connectivity index (χ1v) is 6.75. The van der Waals surface area contributed by atoms with Crippen molar-refractivity contribution < 1.29 is 14.7 Å². The second-order valence-electron chi connectivity index (χ2n) is 5.39. The minimum absolute atomic E-state index is 0.204.